The molecule has 0 amide bonds. The second-order valence-corrected chi connectivity index (χ2v) is 3.45. The third-order valence-corrected chi connectivity index (χ3v) is 2.04. The average molecular weight is 207 g/mol. The molecule has 0 saturated carbocycles. The van der Waals surface area contributed by atoms with Crippen LogP contribution in [-0.4, -0.2) is 18.5 Å². The Hall–Kier alpha value is -0.240. The topological polar surface area (TPSA) is 26.3 Å². The van der Waals surface area contributed by atoms with E-state index in [1.165, 1.54) is 12.8 Å². The van der Waals surface area contributed by atoms with E-state index in [2.05, 4.69) is 6.92 Å². The summed E-state index contributed by atoms with van der Waals surface area (Å²) in [5.41, 5.74) is 0. The van der Waals surface area contributed by atoms with Crippen molar-refractivity contribution in [3.05, 3.63) is 0 Å². The number of halogens is 1. The van der Waals surface area contributed by atoms with Crippen molar-refractivity contribution in [1.29, 1.82) is 0 Å². The van der Waals surface area contributed by atoms with Crippen LogP contribution >= 0.6 is 11.6 Å². The van der Waals surface area contributed by atoms with Crippen LogP contribution < -0.4 is 0 Å². The van der Waals surface area contributed by atoms with Gasteiger partial charge in [-0.15, -0.1) is 11.6 Å². The highest BCUT2D eigenvalue weighted by atomic mass is 35.5. The first-order valence-corrected chi connectivity index (χ1v) is 5.56. The Bertz CT molecular complexity index is 126. The fourth-order valence-corrected chi connectivity index (χ4v) is 1.12. The van der Waals surface area contributed by atoms with Gasteiger partial charge >= 0.3 is 5.97 Å². The van der Waals surface area contributed by atoms with E-state index >= 15 is 0 Å². The standard InChI is InChI=1S/C10H19ClO2/c1-2-3-4-5-7-10(12)13-9-6-8-11/h2-9H2,1H3. The van der Waals surface area contributed by atoms with E-state index < -0.39 is 0 Å². The predicted octanol–water partition coefficient (Wildman–Crippen LogP) is 3.13. The molecular weight excluding hydrogens is 188 g/mol. The van der Waals surface area contributed by atoms with Crippen LogP contribution in [0.2, 0.25) is 0 Å². The van der Waals surface area contributed by atoms with Crippen LogP contribution in [0.25, 0.3) is 0 Å². The summed E-state index contributed by atoms with van der Waals surface area (Å²) in [5.74, 6) is 0.476. The summed E-state index contributed by atoms with van der Waals surface area (Å²) in [6.45, 7) is 2.62. The lowest BCUT2D eigenvalue weighted by molar-refractivity contribution is -0.143. The highest BCUT2D eigenvalue weighted by Gasteiger charge is 2.01. The van der Waals surface area contributed by atoms with Crippen LogP contribution in [-0.2, 0) is 9.53 Å². The van der Waals surface area contributed by atoms with Crippen molar-refractivity contribution in [1.82, 2.24) is 0 Å². The van der Waals surface area contributed by atoms with Gasteiger partial charge in [0.1, 0.15) is 0 Å². The molecule has 0 aliphatic carbocycles. The van der Waals surface area contributed by atoms with Crippen LogP contribution in [0.3, 0.4) is 0 Å². The normalized spacial score (nSPS) is 10.0. The molecule has 2 nitrogen and oxygen atoms in total. The molecule has 0 aromatic rings. The second-order valence-electron chi connectivity index (χ2n) is 3.07. The van der Waals surface area contributed by atoms with E-state index in [1.54, 1.807) is 0 Å². The van der Waals surface area contributed by atoms with Crippen LogP contribution in [0.5, 0.6) is 0 Å². The van der Waals surface area contributed by atoms with Crippen molar-refractivity contribution in [3.63, 3.8) is 0 Å². The van der Waals surface area contributed by atoms with E-state index in [0.717, 1.165) is 19.3 Å². The molecule has 0 unspecified atom stereocenters. The molecule has 0 radical (unpaired) electrons. The fourth-order valence-electron chi connectivity index (χ4n) is 1.01. The molecule has 0 spiro atoms. The molecular formula is C10H19ClO2. The van der Waals surface area contributed by atoms with Gasteiger partial charge in [0, 0.05) is 12.3 Å². The molecule has 13 heavy (non-hydrogen) atoms. The molecule has 0 fully saturated rings. The molecule has 0 heterocycles. The zero-order valence-corrected chi connectivity index (χ0v) is 9.11. The van der Waals surface area contributed by atoms with Crippen molar-refractivity contribution in [3.8, 4) is 0 Å². The lowest BCUT2D eigenvalue weighted by Crippen LogP contribution is -2.05. The number of alkyl halides is 1. The van der Waals surface area contributed by atoms with Gasteiger partial charge in [-0.25, -0.2) is 0 Å². The van der Waals surface area contributed by atoms with Gasteiger partial charge < -0.3 is 4.74 Å². The Morgan fingerprint density at radius 1 is 1.23 bits per heavy atom. The molecule has 0 aromatic heterocycles. The minimum absolute atomic E-state index is 0.0822. The summed E-state index contributed by atoms with van der Waals surface area (Å²) in [6, 6.07) is 0. The van der Waals surface area contributed by atoms with E-state index in [1.807, 2.05) is 0 Å². The van der Waals surface area contributed by atoms with Gasteiger partial charge in [0.25, 0.3) is 0 Å². The van der Waals surface area contributed by atoms with Crippen molar-refractivity contribution < 1.29 is 9.53 Å². The summed E-state index contributed by atoms with van der Waals surface area (Å²) in [6.07, 6.45) is 5.79. The first-order chi connectivity index (χ1) is 6.31. The number of ether oxygens (including phenoxy) is 1. The molecule has 0 aromatic carbocycles. The summed E-state index contributed by atoms with van der Waals surface area (Å²) in [5, 5.41) is 0. The van der Waals surface area contributed by atoms with Crippen LogP contribution in [0, 0.1) is 0 Å². The van der Waals surface area contributed by atoms with Gasteiger partial charge in [-0.05, 0) is 12.8 Å². The average Bonchev–Trinajstić information content (AvgIpc) is 2.13. The number of carbonyl (C=O) groups is 1. The zero-order valence-electron chi connectivity index (χ0n) is 8.35. The Morgan fingerprint density at radius 3 is 2.62 bits per heavy atom. The predicted molar refractivity (Wildman–Crippen MR) is 55.1 cm³/mol. The number of unbranched alkanes of at least 4 members (excludes halogenated alkanes) is 3. The number of hydrogen-bond acceptors (Lipinski definition) is 2. The van der Waals surface area contributed by atoms with Crippen molar-refractivity contribution >= 4 is 17.6 Å². The Balaban J connectivity index is 3.11. The maximum atomic E-state index is 11.0. The molecule has 3 heteroatoms. The van der Waals surface area contributed by atoms with Gasteiger partial charge in [-0.2, -0.15) is 0 Å². The van der Waals surface area contributed by atoms with Gasteiger partial charge in [0.2, 0.25) is 0 Å². The molecule has 0 aliphatic rings. The number of esters is 1. The number of rotatable bonds is 8. The van der Waals surface area contributed by atoms with Gasteiger partial charge in [-0.1, -0.05) is 26.2 Å². The second kappa shape index (κ2) is 9.85. The van der Waals surface area contributed by atoms with E-state index in [-0.39, 0.29) is 5.97 Å². The largest absolute Gasteiger partial charge is 0.466 e. The Morgan fingerprint density at radius 2 is 2.00 bits per heavy atom. The smallest absolute Gasteiger partial charge is 0.305 e. The zero-order chi connectivity index (χ0) is 9.94. The maximum absolute atomic E-state index is 11.0. The molecule has 0 N–H and O–H groups in total. The summed E-state index contributed by atoms with van der Waals surface area (Å²) in [4.78, 5) is 11.0. The Labute approximate surface area is 85.6 Å². The van der Waals surface area contributed by atoms with Crippen molar-refractivity contribution in [2.45, 2.75) is 45.4 Å². The minimum Gasteiger partial charge on any atom is -0.466 e. The third kappa shape index (κ3) is 9.68. The maximum Gasteiger partial charge on any atom is 0.305 e. The van der Waals surface area contributed by atoms with E-state index in [4.69, 9.17) is 16.3 Å². The number of carbonyl (C=O) groups excluding carboxylic acids is 1. The SMILES string of the molecule is CCCCCCC(=O)OCCCCl. The van der Waals surface area contributed by atoms with E-state index in [9.17, 15) is 4.79 Å². The fraction of sp³-hybridized carbons (Fsp3) is 0.900. The van der Waals surface area contributed by atoms with E-state index in [0.29, 0.717) is 18.9 Å². The highest BCUT2D eigenvalue weighted by molar-refractivity contribution is 6.17. The highest BCUT2D eigenvalue weighted by Crippen LogP contribution is 2.03. The lowest BCUT2D eigenvalue weighted by Gasteiger charge is -2.02. The van der Waals surface area contributed by atoms with Crippen molar-refractivity contribution in [2.75, 3.05) is 12.5 Å². The molecule has 0 rings (SSSR count). The van der Waals surface area contributed by atoms with Gasteiger partial charge in [0.15, 0.2) is 0 Å². The van der Waals surface area contributed by atoms with Gasteiger partial charge in [0.05, 0.1) is 6.61 Å². The molecule has 0 atom stereocenters. The molecule has 0 bridgehead atoms. The van der Waals surface area contributed by atoms with Crippen LogP contribution in [0.1, 0.15) is 45.4 Å². The molecule has 0 aliphatic heterocycles. The minimum atomic E-state index is -0.0822. The van der Waals surface area contributed by atoms with Crippen molar-refractivity contribution in [2.24, 2.45) is 0 Å². The van der Waals surface area contributed by atoms with Crippen LogP contribution in [0.4, 0.5) is 0 Å². The monoisotopic (exact) mass is 206 g/mol. The number of hydrogen-bond donors (Lipinski definition) is 0. The van der Waals surface area contributed by atoms with Crippen LogP contribution in [0.15, 0.2) is 0 Å². The molecule has 0 saturated heterocycles. The Kier molecular flexibility index (Phi) is 9.66. The quantitative estimate of drug-likeness (QED) is 0.347. The summed E-state index contributed by atoms with van der Waals surface area (Å²) >= 11 is 5.44. The van der Waals surface area contributed by atoms with Gasteiger partial charge in [-0.3, -0.25) is 4.79 Å². The third-order valence-electron chi connectivity index (χ3n) is 1.78. The first-order valence-electron chi connectivity index (χ1n) is 5.02. The molecule has 78 valence electrons. The summed E-state index contributed by atoms with van der Waals surface area (Å²) in [7, 11) is 0. The summed E-state index contributed by atoms with van der Waals surface area (Å²) < 4.78 is 4.94. The lowest BCUT2D eigenvalue weighted by atomic mass is 10.2. The first kappa shape index (κ1) is 12.8.